The second-order valence-corrected chi connectivity index (χ2v) is 8.95. The van der Waals surface area contributed by atoms with Crippen molar-refractivity contribution in [2.75, 3.05) is 10.2 Å². The smallest absolute Gasteiger partial charge is 0.337 e. The number of benzene rings is 2. The van der Waals surface area contributed by atoms with Crippen LogP contribution in [0.4, 0.5) is 11.5 Å². The maximum absolute atomic E-state index is 13.3. The molecule has 0 bridgehead atoms. The van der Waals surface area contributed by atoms with Crippen molar-refractivity contribution in [3.63, 3.8) is 0 Å². The molecule has 1 aliphatic rings. The summed E-state index contributed by atoms with van der Waals surface area (Å²) in [5.74, 6) is -0.380. The number of halogens is 1. The molecule has 0 amide bonds. The van der Waals surface area contributed by atoms with Gasteiger partial charge in [0.25, 0.3) is 5.56 Å². The summed E-state index contributed by atoms with van der Waals surface area (Å²) < 4.78 is 1.47. The zero-order chi connectivity index (χ0) is 24.0. The van der Waals surface area contributed by atoms with Crippen LogP contribution in [0, 0.1) is 6.92 Å². The van der Waals surface area contributed by atoms with E-state index in [2.05, 4.69) is 22.3 Å². The summed E-state index contributed by atoms with van der Waals surface area (Å²) in [6.45, 7) is 5.04. The summed E-state index contributed by atoms with van der Waals surface area (Å²) in [4.78, 5) is 32.0. The largest absolute Gasteiger partial charge is 0.478 e. The number of fused-ring (bicyclic) bond motifs is 2. The highest BCUT2D eigenvalue weighted by molar-refractivity contribution is 6.30. The Labute approximate surface area is 201 Å². The van der Waals surface area contributed by atoms with Crippen LogP contribution in [0.25, 0.3) is 5.65 Å². The highest BCUT2D eigenvalue weighted by Gasteiger charge is 2.25. The van der Waals surface area contributed by atoms with Crippen LogP contribution in [0.3, 0.4) is 0 Å². The van der Waals surface area contributed by atoms with Crippen LogP contribution in [0.1, 0.15) is 45.6 Å². The first kappa shape index (κ1) is 22.0. The summed E-state index contributed by atoms with van der Waals surface area (Å²) in [7, 11) is 0. The van der Waals surface area contributed by atoms with Crippen molar-refractivity contribution >= 4 is 34.7 Å². The molecule has 2 aromatic carbocycles. The molecule has 0 aliphatic carbocycles. The molecule has 5 rings (SSSR count). The number of nitrogens with one attached hydrogen (secondary N) is 1. The van der Waals surface area contributed by atoms with E-state index in [9.17, 15) is 14.7 Å². The summed E-state index contributed by atoms with van der Waals surface area (Å²) in [5.41, 5.74) is 4.64. The second kappa shape index (κ2) is 8.50. The number of rotatable bonds is 5. The molecule has 0 unspecified atom stereocenters. The van der Waals surface area contributed by atoms with Gasteiger partial charge in [-0.3, -0.25) is 9.20 Å². The van der Waals surface area contributed by atoms with Gasteiger partial charge in [-0.1, -0.05) is 48.0 Å². The van der Waals surface area contributed by atoms with Gasteiger partial charge in [0, 0.05) is 30.5 Å². The van der Waals surface area contributed by atoms with Gasteiger partial charge in [-0.15, -0.1) is 0 Å². The predicted molar refractivity (Wildman–Crippen MR) is 133 cm³/mol. The molecular weight excluding hydrogens is 452 g/mol. The minimum absolute atomic E-state index is 0.164. The fourth-order valence-corrected chi connectivity index (χ4v) is 4.74. The number of aromatic carboxylic acids is 1. The van der Waals surface area contributed by atoms with Crippen LogP contribution in [0.15, 0.2) is 65.6 Å². The molecule has 3 heterocycles. The molecular formula is C26H23ClN4O3. The van der Waals surface area contributed by atoms with Gasteiger partial charge in [0.2, 0.25) is 0 Å². The predicted octanol–water partition coefficient (Wildman–Crippen LogP) is 5.05. The topological polar surface area (TPSA) is 86.9 Å². The number of hydrogen-bond acceptors (Lipinski definition) is 5. The van der Waals surface area contributed by atoms with Crippen LogP contribution in [-0.4, -0.2) is 20.5 Å². The number of pyridine rings is 1. The van der Waals surface area contributed by atoms with E-state index < -0.39 is 5.97 Å². The number of para-hydroxylation sites is 1. The highest BCUT2D eigenvalue weighted by atomic mass is 35.5. The fraction of sp³-hybridized carbons (Fsp3) is 0.192. The highest BCUT2D eigenvalue weighted by Crippen LogP contribution is 2.31. The average molecular weight is 475 g/mol. The van der Waals surface area contributed by atoms with Gasteiger partial charge in [-0.2, -0.15) is 0 Å². The third-order valence-electron chi connectivity index (χ3n) is 6.26. The molecule has 8 heteroatoms. The van der Waals surface area contributed by atoms with E-state index in [1.54, 1.807) is 43.5 Å². The van der Waals surface area contributed by atoms with E-state index >= 15 is 0 Å². The molecule has 172 valence electrons. The standard InChI is InChI=1S/C26H23ClN4O3/c1-15-23(30-12-17-7-3-4-8-18(17)13-30)29-24-21(11-19(27)14-31(24)25(15)32)16(2)28-22-10-6-5-9-20(22)26(33)34/h3-11,14,16,28H,12-13H2,1-2H3,(H,33,34)/t16-/m1/s1. The first-order valence-corrected chi connectivity index (χ1v) is 11.3. The molecule has 2 aromatic heterocycles. The Morgan fingerprint density at radius 2 is 1.76 bits per heavy atom. The molecule has 0 fully saturated rings. The third-order valence-corrected chi connectivity index (χ3v) is 6.46. The van der Waals surface area contributed by atoms with Crippen molar-refractivity contribution in [2.45, 2.75) is 33.0 Å². The van der Waals surface area contributed by atoms with Gasteiger partial charge in [0.15, 0.2) is 0 Å². The second-order valence-electron chi connectivity index (χ2n) is 8.51. The van der Waals surface area contributed by atoms with Crippen LogP contribution in [0.2, 0.25) is 5.02 Å². The number of carboxylic acids is 1. The van der Waals surface area contributed by atoms with Gasteiger partial charge in [-0.05, 0) is 43.2 Å². The van der Waals surface area contributed by atoms with Gasteiger partial charge in [-0.25, -0.2) is 9.78 Å². The van der Waals surface area contributed by atoms with E-state index in [0.717, 1.165) is 0 Å². The summed E-state index contributed by atoms with van der Waals surface area (Å²) in [6, 6.07) is 16.3. The van der Waals surface area contributed by atoms with Crippen molar-refractivity contribution in [3.05, 3.63) is 104 Å². The maximum Gasteiger partial charge on any atom is 0.337 e. The summed E-state index contributed by atoms with van der Waals surface area (Å²) in [5, 5.41) is 13.2. The summed E-state index contributed by atoms with van der Waals surface area (Å²) in [6.07, 6.45) is 1.57. The van der Waals surface area contributed by atoms with Gasteiger partial charge in [0.1, 0.15) is 11.5 Å². The van der Waals surface area contributed by atoms with E-state index in [4.69, 9.17) is 16.6 Å². The quantitative estimate of drug-likeness (QED) is 0.421. The van der Waals surface area contributed by atoms with Crippen LogP contribution in [0.5, 0.6) is 0 Å². The van der Waals surface area contributed by atoms with E-state index in [1.165, 1.54) is 15.5 Å². The Hall–Kier alpha value is -3.84. The lowest BCUT2D eigenvalue weighted by molar-refractivity contribution is 0.0698. The van der Waals surface area contributed by atoms with Crippen molar-refractivity contribution in [3.8, 4) is 0 Å². The van der Waals surface area contributed by atoms with Crippen LogP contribution < -0.4 is 15.8 Å². The Morgan fingerprint density at radius 1 is 1.12 bits per heavy atom. The Kier molecular flexibility index (Phi) is 5.49. The molecule has 0 saturated heterocycles. The minimum atomic E-state index is -1.02. The van der Waals surface area contributed by atoms with Gasteiger partial charge in [0.05, 0.1) is 22.2 Å². The lowest BCUT2D eigenvalue weighted by atomic mass is 10.1. The SMILES string of the molecule is Cc1c(N2Cc3ccccc3C2)nc2c([C@@H](C)Nc3ccccc3C(=O)O)cc(Cl)cn2c1=O. The third kappa shape index (κ3) is 3.78. The van der Waals surface area contributed by atoms with Crippen LogP contribution >= 0.6 is 11.6 Å². The molecule has 1 aliphatic heterocycles. The zero-order valence-electron chi connectivity index (χ0n) is 18.7. The lowest BCUT2D eigenvalue weighted by Crippen LogP contribution is -2.26. The number of anilines is 2. The Balaban J connectivity index is 1.60. The zero-order valence-corrected chi connectivity index (χ0v) is 19.5. The van der Waals surface area contributed by atoms with Crippen molar-refractivity contribution in [1.82, 2.24) is 9.38 Å². The van der Waals surface area contributed by atoms with Crippen LogP contribution in [-0.2, 0) is 13.1 Å². The number of hydrogen-bond donors (Lipinski definition) is 2. The molecule has 4 aromatic rings. The van der Waals surface area contributed by atoms with E-state index in [1.807, 2.05) is 19.1 Å². The molecule has 7 nitrogen and oxygen atoms in total. The normalized spacial score (nSPS) is 13.7. The number of carbonyl (C=O) groups is 1. The summed E-state index contributed by atoms with van der Waals surface area (Å²) >= 11 is 6.38. The molecule has 1 atom stereocenters. The van der Waals surface area contributed by atoms with Gasteiger partial charge >= 0.3 is 5.97 Å². The number of aromatic nitrogens is 2. The first-order chi connectivity index (χ1) is 16.3. The van der Waals surface area contributed by atoms with E-state index in [0.29, 0.717) is 46.4 Å². The average Bonchev–Trinajstić information content (AvgIpc) is 3.25. The lowest BCUT2D eigenvalue weighted by Gasteiger charge is -2.22. The molecule has 0 radical (unpaired) electrons. The molecule has 34 heavy (non-hydrogen) atoms. The van der Waals surface area contributed by atoms with Crippen molar-refractivity contribution < 1.29 is 9.90 Å². The number of carboxylic acid groups (broad SMARTS) is 1. The van der Waals surface area contributed by atoms with Crippen molar-refractivity contribution in [2.24, 2.45) is 0 Å². The van der Waals surface area contributed by atoms with E-state index in [-0.39, 0.29) is 17.2 Å². The Morgan fingerprint density at radius 3 is 2.44 bits per heavy atom. The number of nitrogens with zero attached hydrogens (tertiary/aromatic N) is 3. The van der Waals surface area contributed by atoms with Crippen molar-refractivity contribution in [1.29, 1.82) is 0 Å². The molecule has 0 spiro atoms. The van der Waals surface area contributed by atoms with Gasteiger partial charge < -0.3 is 15.3 Å². The molecule has 2 N–H and O–H groups in total. The maximum atomic E-state index is 13.3. The monoisotopic (exact) mass is 474 g/mol. The molecule has 0 saturated carbocycles. The fourth-order valence-electron chi connectivity index (χ4n) is 4.52. The first-order valence-electron chi connectivity index (χ1n) is 11.0. The Bertz CT molecular complexity index is 1470. The minimum Gasteiger partial charge on any atom is -0.478 e.